The molecule has 1 heterocycles. The summed E-state index contributed by atoms with van der Waals surface area (Å²) in [5.74, 6) is -0.623. The summed E-state index contributed by atoms with van der Waals surface area (Å²) in [6.07, 6.45) is 1.20. The molecule has 1 aliphatic heterocycles. The molecule has 0 radical (unpaired) electrons. The van der Waals surface area contributed by atoms with Gasteiger partial charge in [0.25, 0.3) is 0 Å². The average molecular weight is 594 g/mol. The Kier molecular flexibility index (Phi) is 9.97. The van der Waals surface area contributed by atoms with Crippen molar-refractivity contribution < 1.29 is 34.4 Å². The third-order valence-corrected chi connectivity index (χ3v) is 8.00. The normalized spacial score (nSPS) is 21.1. The predicted molar refractivity (Wildman–Crippen MR) is 151 cm³/mol. The Morgan fingerprint density at radius 3 is 2.55 bits per heavy atom. The van der Waals surface area contributed by atoms with E-state index >= 15 is 0 Å². The van der Waals surface area contributed by atoms with Gasteiger partial charge in [0, 0.05) is 30.6 Å². The zero-order valence-electron chi connectivity index (χ0n) is 22.4. The largest absolute Gasteiger partial charge is 0.493 e. The lowest BCUT2D eigenvalue weighted by Gasteiger charge is -2.41. The molecule has 0 bridgehead atoms. The van der Waals surface area contributed by atoms with Crippen molar-refractivity contribution in [2.45, 2.75) is 63.5 Å². The summed E-state index contributed by atoms with van der Waals surface area (Å²) in [6.45, 7) is 1.61. The van der Waals surface area contributed by atoms with E-state index in [9.17, 15) is 24.9 Å². The molecule has 40 heavy (non-hydrogen) atoms. The minimum atomic E-state index is -1.21. The summed E-state index contributed by atoms with van der Waals surface area (Å²) in [6, 6.07) is 7.53. The van der Waals surface area contributed by atoms with Crippen LogP contribution in [-0.2, 0) is 22.7 Å². The number of hydrogen-bond acceptors (Lipinski definition) is 7. The smallest absolute Gasteiger partial charge is 0.247 e. The fraction of sp³-hybridized carbons (Fsp3) is 0.448. The van der Waals surface area contributed by atoms with Crippen molar-refractivity contribution in [2.24, 2.45) is 0 Å². The van der Waals surface area contributed by atoms with Crippen molar-refractivity contribution in [3.05, 3.63) is 68.7 Å². The van der Waals surface area contributed by atoms with Crippen LogP contribution in [0.3, 0.4) is 0 Å². The first-order valence-corrected chi connectivity index (χ1v) is 14.0. The Bertz CT molecular complexity index is 1290. The number of carbonyl (C=O) groups is 2. The molecule has 1 aliphatic carbocycles. The minimum absolute atomic E-state index is 0.0247. The SMILES string of the molecule is CCCCC(=O)N(Cc1ccc(Cl)c(Cl)c1)[C@@H]1C=C(C(=O)NCCO)[C@@H]2c3cc(CO)cc(OC)c3O[C@@H]2[C@H]1O. The van der Waals surface area contributed by atoms with Gasteiger partial charge in [-0.2, -0.15) is 0 Å². The van der Waals surface area contributed by atoms with E-state index in [0.29, 0.717) is 44.7 Å². The van der Waals surface area contributed by atoms with E-state index in [1.807, 2.05) is 6.92 Å². The molecule has 2 aromatic rings. The van der Waals surface area contributed by atoms with Crippen molar-refractivity contribution >= 4 is 35.0 Å². The summed E-state index contributed by atoms with van der Waals surface area (Å²) in [5.41, 5.74) is 2.14. The van der Waals surface area contributed by atoms with E-state index in [1.54, 1.807) is 36.4 Å². The Labute approximate surface area is 243 Å². The van der Waals surface area contributed by atoms with Crippen LogP contribution in [0.5, 0.6) is 11.5 Å². The number of aliphatic hydroxyl groups is 3. The first-order valence-electron chi connectivity index (χ1n) is 13.2. The molecule has 2 aliphatic rings. The summed E-state index contributed by atoms with van der Waals surface area (Å²) in [7, 11) is 1.47. The van der Waals surface area contributed by atoms with Gasteiger partial charge < -0.3 is 35.0 Å². The van der Waals surface area contributed by atoms with Gasteiger partial charge in [-0.05, 0) is 47.9 Å². The maximum absolute atomic E-state index is 13.6. The number of fused-ring (bicyclic) bond motifs is 3. The fourth-order valence-electron chi connectivity index (χ4n) is 5.29. The van der Waals surface area contributed by atoms with Crippen LogP contribution in [0, 0.1) is 0 Å². The number of amides is 2. The van der Waals surface area contributed by atoms with E-state index in [-0.39, 0.29) is 44.2 Å². The number of aliphatic hydroxyl groups excluding tert-OH is 3. The molecule has 2 amide bonds. The molecular formula is C29H34Cl2N2O7. The van der Waals surface area contributed by atoms with Crippen LogP contribution in [0.2, 0.25) is 10.0 Å². The molecule has 0 saturated carbocycles. The van der Waals surface area contributed by atoms with Crippen LogP contribution in [0.1, 0.15) is 48.8 Å². The number of carbonyl (C=O) groups excluding carboxylic acids is 2. The second kappa shape index (κ2) is 13.2. The van der Waals surface area contributed by atoms with Crippen molar-refractivity contribution in [3.8, 4) is 11.5 Å². The third-order valence-electron chi connectivity index (χ3n) is 7.26. The van der Waals surface area contributed by atoms with E-state index in [0.717, 1.165) is 6.42 Å². The van der Waals surface area contributed by atoms with E-state index < -0.39 is 30.1 Å². The number of nitrogens with one attached hydrogen (secondary N) is 1. The number of benzene rings is 2. The van der Waals surface area contributed by atoms with E-state index in [1.165, 1.54) is 12.0 Å². The molecule has 2 aromatic carbocycles. The van der Waals surface area contributed by atoms with Gasteiger partial charge >= 0.3 is 0 Å². The number of nitrogens with zero attached hydrogens (tertiary/aromatic N) is 1. The highest BCUT2D eigenvalue weighted by Crippen LogP contribution is 2.51. The third kappa shape index (κ3) is 6.09. The van der Waals surface area contributed by atoms with Crippen molar-refractivity contribution in [2.75, 3.05) is 20.3 Å². The Morgan fingerprint density at radius 1 is 1.12 bits per heavy atom. The second-order valence-electron chi connectivity index (χ2n) is 9.89. The maximum atomic E-state index is 13.6. The second-order valence-corrected chi connectivity index (χ2v) is 10.7. The van der Waals surface area contributed by atoms with Gasteiger partial charge in [-0.1, -0.05) is 42.6 Å². The number of halogens is 2. The Morgan fingerprint density at radius 2 is 1.90 bits per heavy atom. The highest BCUT2D eigenvalue weighted by molar-refractivity contribution is 6.42. The van der Waals surface area contributed by atoms with Gasteiger partial charge in [-0.3, -0.25) is 9.59 Å². The molecule has 9 nitrogen and oxygen atoms in total. The number of unbranched alkanes of at least 4 members (excludes halogenated alkanes) is 1. The van der Waals surface area contributed by atoms with Crippen LogP contribution in [0.25, 0.3) is 0 Å². The van der Waals surface area contributed by atoms with Crippen LogP contribution in [0.4, 0.5) is 0 Å². The standard InChI is InChI=1S/C29H34Cl2N2O7/c1-3-4-5-24(36)33(14-16-6-7-20(30)21(31)11-16)22-13-19(29(38)32-8-9-34)25-18-10-17(15-35)12-23(39-2)27(18)40-28(25)26(22)37/h6-7,10-13,22,25-26,28,34-35,37H,3-5,8-9,14-15H2,1-2H3,(H,32,38)/t22-,25+,26+,28+/m1/s1. The topological polar surface area (TPSA) is 129 Å². The van der Waals surface area contributed by atoms with Crippen molar-refractivity contribution in [1.29, 1.82) is 0 Å². The molecule has 0 saturated heterocycles. The van der Waals surface area contributed by atoms with E-state index in [2.05, 4.69) is 5.32 Å². The molecule has 0 aromatic heterocycles. The number of rotatable bonds is 11. The van der Waals surface area contributed by atoms with Gasteiger partial charge in [0.2, 0.25) is 11.8 Å². The fourth-order valence-corrected chi connectivity index (χ4v) is 5.61. The average Bonchev–Trinajstić information content (AvgIpc) is 3.35. The molecule has 0 fully saturated rings. The molecule has 11 heteroatoms. The first-order chi connectivity index (χ1) is 19.2. The van der Waals surface area contributed by atoms with Gasteiger partial charge in [-0.15, -0.1) is 0 Å². The molecule has 4 atom stereocenters. The van der Waals surface area contributed by atoms with E-state index in [4.69, 9.17) is 32.7 Å². The lowest BCUT2D eigenvalue weighted by Crippen LogP contribution is -2.55. The lowest BCUT2D eigenvalue weighted by atomic mass is 9.77. The van der Waals surface area contributed by atoms with Crippen molar-refractivity contribution in [3.63, 3.8) is 0 Å². The number of hydrogen-bond donors (Lipinski definition) is 4. The monoisotopic (exact) mass is 592 g/mol. The molecule has 4 rings (SSSR count). The van der Waals surface area contributed by atoms with Crippen LogP contribution in [0.15, 0.2) is 42.0 Å². The predicted octanol–water partition coefficient (Wildman–Crippen LogP) is 3.34. The zero-order chi connectivity index (χ0) is 29.0. The highest BCUT2D eigenvalue weighted by Gasteiger charge is 2.51. The minimum Gasteiger partial charge on any atom is -0.493 e. The summed E-state index contributed by atoms with van der Waals surface area (Å²) >= 11 is 12.3. The molecule has 216 valence electrons. The molecule has 0 unspecified atom stereocenters. The van der Waals surface area contributed by atoms with Gasteiger partial charge in [-0.25, -0.2) is 0 Å². The van der Waals surface area contributed by atoms with Gasteiger partial charge in [0.15, 0.2) is 11.5 Å². The number of methoxy groups -OCH3 is 1. The van der Waals surface area contributed by atoms with Crippen LogP contribution < -0.4 is 14.8 Å². The highest BCUT2D eigenvalue weighted by atomic mass is 35.5. The molecule has 4 N–H and O–H groups in total. The maximum Gasteiger partial charge on any atom is 0.247 e. The van der Waals surface area contributed by atoms with Gasteiger partial charge in [0.05, 0.1) is 42.3 Å². The first kappa shape index (κ1) is 30.1. The Hall–Kier alpha value is -2.82. The summed E-state index contributed by atoms with van der Waals surface area (Å²) in [4.78, 5) is 28.5. The summed E-state index contributed by atoms with van der Waals surface area (Å²) in [5, 5.41) is 34.3. The molecular weight excluding hydrogens is 559 g/mol. The van der Waals surface area contributed by atoms with Crippen molar-refractivity contribution in [1.82, 2.24) is 10.2 Å². The van der Waals surface area contributed by atoms with Crippen LogP contribution >= 0.6 is 23.2 Å². The van der Waals surface area contributed by atoms with Crippen LogP contribution in [-0.4, -0.2) is 70.5 Å². The summed E-state index contributed by atoms with van der Waals surface area (Å²) < 4.78 is 11.8. The van der Waals surface area contributed by atoms with Gasteiger partial charge in [0.1, 0.15) is 12.2 Å². The zero-order valence-corrected chi connectivity index (χ0v) is 23.9. The number of ether oxygens (including phenoxy) is 2. The Balaban J connectivity index is 1.81. The quantitative estimate of drug-likeness (QED) is 0.315. The lowest BCUT2D eigenvalue weighted by molar-refractivity contribution is -0.138. The molecule has 0 spiro atoms.